The van der Waals surface area contributed by atoms with Gasteiger partial charge in [-0.05, 0) is 6.42 Å². The van der Waals surface area contributed by atoms with Crippen LogP contribution in [0.1, 0.15) is 45.4 Å². The molecule has 16 heavy (non-hydrogen) atoms. The van der Waals surface area contributed by atoms with E-state index in [9.17, 15) is 9.59 Å². The summed E-state index contributed by atoms with van der Waals surface area (Å²) in [5.41, 5.74) is 0. The van der Waals surface area contributed by atoms with Crippen molar-refractivity contribution >= 4 is 11.9 Å². The van der Waals surface area contributed by atoms with Crippen molar-refractivity contribution in [3.05, 3.63) is 12.7 Å². The van der Waals surface area contributed by atoms with Crippen LogP contribution < -0.4 is 0 Å². The van der Waals surface area contributed by atoms with E-state index in [-0.39, 0.29) is 19.5 Å². The average molecular weight is 282 g/mol. The first kappa shape index (κ1) is 20.7. The third-order valence-electron chi connectivity index (χ3n) is 1.67. The van der Waals surface area contributed by atoms with Gasteiger partial charge in [-0.3, -0.25) is 4.79 Å². The minimum atomic E-state index is -0.981. The maximum Gasteiger partial charge on any atom is 0.327 e. The molecule has 0 radical (unpaired) electrons. The summed E-state index contributed by atoms with van der Waals surface area (Å²) in [5.74, 6) is -1.65. The van der Waals surface area contributed by atoms with Gasteiger partial charge in [0.05, 0.1) is 0 Å². The Bertz CT molecular complexity index is 192. The number of hydrogen-bond acceptors (Lipinski definition) is 2. The third kappa shape index (κ3) is 29.2. The third-order valence-corrected chi connectivity index (χ3v) is 1.67. The number of rotatable bonds is 7. The molecule has 0 rings (SSSR count). The summed E-state index contributed by atoms with van der Waals surface area (Å²) < 4.78 is 0. The molecule has 0 heterocycles. The summed E-state index contributed by atoms with van der Waals surface area (Å²) in [4.78, 5) is 19.3. The fourth-order valence-corrected chi connectivity index (χ4v) is 0.880. The fourth-order valence-electron chi connectivity index (χ4n) is 0.880. The van der Waals surface area contributed by atoms with Gasteiger partial charge in [0.1, 0.15) is 0 Å². The van der Waals surface area contributed by atoms with Crippen molar-refractivity contribution in [3.8, 4) is 0 Å². The molecule has 4 nitrogen and oxygen atoms in total. The molecule has 0 aromatic heterocycles. The Morgan fingerprint density at radius 2 is 1.56 bits per heavy atom. The minimum absolute atomic E-state index is 0. The molecule has 5 heteroatoms. The van der Waals surface area contributed by atoms with E-state index in [1.165, 1.54) is 19.3 Å². The molecule has 0 aromatic rings. The van der Waals surface area contributed by atoms with Crippen LogP contribution in [-0.4, -0.2) is 22.2 Å². The zero-order valence-corrected chi connectivity index (χ0v) is 12.9. The first-order valence-electron chi connectivity index (χ1n) is 5.11. The van der Waals surface area contributed by atoms with E-state index in [1.807, 2.05) is 0 Å². The van der Waals surface area contributed by atoms with Crippen molar-refractivity contribution in [2.45, 2.75) is 45.4 Å². The summed E-state index contributed by atoms with van der Waals surface area (Å²) in [6.07, 6.45) is 6.72. The molecule has 0 unspecified atom stereocenters. The van der Waals surface area contributed by atoms with Crippen LogP contribution in [0.25, 0.3) is 0 Å². The molecule has 0 fully saturated rings. The van der Waals surface area contributed by atoms with Crippen LogP contribution in [0.15, 0.2) is 12.7 Å². The van der Waals surface area contributed by atoms with Crippen LogP contribution in [0.5, 0.6) is 0 Å². The standard InChI is InChI=1S/C8H16O2.C3H4O2.Zn/c1-2-3-4-5-6-7-8(9)10;1-2-3(4)5;/h2-7H2,1H3,(H,9,10);2H,1H2,(H,4,5);. The molecule has 2 N–H and O–H groups in total. The molecule has 0 aliphatic carbocycles. The van der Waals surface area contributed by atoms with E-state index in [0.717, 1.165) is 18.9 Å². The molecule has 0 aliphatic heterocycles. The van der Waals surface area contributed by atoms with Gasteiger partial charge in [-0.1, -0.05) is 39.2 Å². The summed E-state index contributed by atoms with van der Waals surface area (Å²) >= 11 is 0. The molecule has 0 bridgehead atoms. The van der Waals surface area contributed by atoms with Gasteiger partial charge in [0.25, 0.3) is 0 Å². The number of carboxylic acid groups (broad SMARTS) is 2. The second kappa shape index (κ2) is 16.7. The van der Waals surface area contributed by atoms with Crippen molar-refractivity contribution in [1.82, 2.24) is 0 Å². The van der Waals surface area contributed by atoms with Crippen LogP contribution in [0.2, 0.25) is 0 Å². The van der Waals surface area contributed by atoms with E-state index in [4.69, 9.17) is 10.2 Å². The van der Waals surface area contributed by atoms with Crippen LogP contribution >= 0.6 is 0 Å². The molecule has 0 saturated heterocycles. The van der Waals surface area contributed by atoms with Crippen LogP contribution in [0.3, 0.4) is 0 Å². The van der Waals surface area contributed by atoms with Gasteiger partial charge in [-0.25, -0.2) is 4.79 Å². The van der Waals surface area contributed by atoms with Crippen LogP contribution in [0, 0.1) is 0 Å². The molecular formula is C11H20O4Zn. The largest absolute Gasteiger partial charge is 0.481 e. The number of carbonyl (C=O) groups is 2. The maximum atomic E-state index is 10.0. The Kier molecular flexibility index (Phi) is 21.6. The summed E-state index contributed by atoms with van der Waals surface area (Å²) in [6.45, 7) is 5.11. The second-order valence-electron chi connectivity index (χ2n) is 3.10. The van der Waals surface area contributed by atoms with Crippen molar-refractivity contribution in [3.63, 3.8) is 0 Å². The van der Waals surface area contributed by atoms with Gasteiger partial charge in [0.2, 0.25) is 0 Å². The minimum Gasteiger partial charge on any atom is -0.481 e. The summed E-state index contributed by atoms with van der Waals surface area (Å²) in [5, 5.41) is 15.9. The zero-order chi connectivity index (χ0) is 12.1. The molecule has 0 aromatic carbocycles. The summed E-state index contributed by atoms with van der Waals surface area (Å²) in [6, 6.07) is 0. The van der Waals surface area contributed by atoms with Crippen LogP contribution in [-0.2, 0) is 29.1 Å². The van der Waals surface area contributed by atoms with Crippen LogP contribution in [0.4, 0.5) is 0 Å². The van der Waals surface area contributed by atoms with E-state index in [0.29, 0.717) is 6.42 Å². The Labute approximate surface area is 109 Å². The smallest absolute Gasteiger partial charge is 0.327 e. The topological polar surface area (TPSA) is 74.6 Å². The Hall–Kier alpha value is -0.697. The van der Waals surface area contributed by atoms with Gasteiger partial charge in [0.15, 0.2) is 0 Å². The van der Waals surface area contributed by atoms with Gasteiger partial charge in [0, 0.05) is 32.0 Å². The number of unbranched alkanes of at least 4 members (excludes halogenated alkanes) is 4. The molecule has 0 amide bonds. The van der Waals surface area contributed by atoms with Gasteiger partial charge >= 0.3 is 11.9 Å². The Balaban J connectivity index is -0.000000242. The fraction of sp³-hybridized carbons (Fsp3) is 0.636. The second-order valence-corrected chi connectivity index (χ2v) is 3.10. The Morgan fingerprint density at radius 1 is 1.12 bits per heavy atom. The average Bonchev–Trinajstić information content (AvgIpc) is 2.18. The van der Waals surface area contributed by atoms with E-state index in [1.54, 1.807) is 0 Å². The number of aliphatic carboxylic acids is 2. The molecular weight excluding hydrogens is 262 g/mol. The predicted octanol–water partition coefficient (Wildman–Crippen LogP) is 2.69. The van der Waals surface area contributed by atoms with Gasteiger partial charge < -0.3 is 10.2 Å². The van der Waals surface area contributed by atoms with Crippen molar-refractivity contribution in [2.24, 2.45) is 0 Å². The zero-order valence-electron chi connectivity index (χ0n) is 9.95. The first-order chi connectivity index (χ1) is 7.04. The molecule has 0 atom stereocenters. The van der Waals surface area contributed by atoms with Crippen molar-refractivity contribution in [2.75, 3.05) is 0 Å². The molecule has 0 spiro atoms. The van der Waals surface area contributed by atoms with E-state index >= 15 is 0 Å². The maximum absolute atomic E-state index is 10.0. The molecule has 0 aliphatic rings. The predicted molar refractivity (Wildman–Crippen MR) is 58.8 cm³/mol. The Morgan fingerprint density at radius 3 is 1.88 bits per heavy atom. The molecule has 0 saturated carbocycles. The first-order valence-corrected chi connectivity index (χ1v) is 5.11. The molecule has 90 valence electrons. The monoisotopic (exact) mass is 280 g/mol. The van der Waals surface area contributed by atoms with E-state index < -0.39 is 11.9 Å². The SMILES string of the molecule is C=CC(=O)O.CCCCCCCC(=O)O.[Zn]. The number of hydrogen-bond donors (Lipinski definition) is 2. The quantitative estimate of drug-likeness (QED) is 0.427. The van der Waals surface area contributed by atoms with Crippen molar-refractivity contribution < 1.29 is 39.3 Å². The van der Waals surface area contributed by atoms with Crippen molar-refractivity contribution in [1.29, 1.82) is 0 Å². The van der Waals surface area contributed by atoms with Gasteiger partial charge in [-0.2, -0.15) is 0 Å². The summed E-state index contributed by atoms with van der Waals surface area (Å²) in [7, 11) is 0. The number of carboxylic acids is 2. The normalized spacial score (nSPS) is 8.06. The van der Waals surface area contributed by atoms with E-state index in [2.05, 4.69) is 13.5 Å². The van der Waals surface area contributed by atoms with Gasteiger partial charge in [-0.15, -0.1) is 0 Å².